The Hall–Kier alpha value is -0.710. The van der Waals surface area contributed by atoms with E-state index in [1.165, 1.54) is 0 Å². The maximum Gasteiger partial charge on any atom is 0.147 e. The molecule has 1 aliphatic carbocycles. The first-order chi connectivity index (χ1) is 7.39. The zero-order chi connectivity index (χ0) is 12.1. The van der Waals surface area contributed by atoms with E-state index >= 15 is 0 Å². The van der Waals surface area contributed by atoms with Crippen LogP contribution in [0.2, 0.25) is 0 Å². The zero-order valence-electron chi connectivity index (χ0n) is 9.97. The predicted octanol–water partition coefficient (Wildman–Crippen LogP) is -0.0524. The molecule has 2 N–H and O–H groups in total. The smallest absolute Gasteiger partial charge is 0.147 e. The fourth-order valence-electron chi connectivity index (χ4n) is 3.27. The quantitative estimate of drug-likeness (QED) is 0.614. The van der Waals surface area contributed by atoms with Crippen LogP contribution in [0.4, 0.5) is 0 Å². The van der Waals surface area contributed by atoms with Crippen molar-refractivity contribution in [2.75, 3.05) is 13.6 Å². The summed E-state index contributed by atoms with van der Waals surface area (Å²) in [5.74, 6) is 0. The Kier molecular flexibility index (Phi) is 2.69. The number of nitrogens with zero attached hydrogens (tertiary/aromatic N) is 1. The van der Waals surface area contributed by atoms with Crippen LogP contribution in [0, 0.1) is 5.41 Å². The summed E-state index contributed by atoms with van der Waals surface area (Å²) in [6, 6.07) is 0.0612. The maximum absolute atomic E-state index is 11.0. The van der Waals surface area contributed by atoms with Crippen LogP contribution in [-0.2, 0) is 4.79 Å². The van der Waals surface area contributed by atoms with Crippen LogP contribution in [0.15, 0.2) is 11.1 Å². The van der Waals surface area contributed by atoms with Gasteiger partial charge in [-0.05, 0) is 19.0 Å². The number of likely N-dealkylation sites (N-methyl/N-ethyl adjacent to an activating group) is 1. The molecule has 0 aromatic heterocycles. The molecule has 0 aromatic rings. The summed E-state index contributed by atoms with van der Waals surface area (Å²) in [5.41, 5.74) is 1.35. The third-order valence-corrected chi connectivity index (χ3v) is 4.01. The zero-order valence-corrected chi connectivity index (χ0v) is 9.97. The van der Waals surface area contributed by atoms with Crippen molar-refractivity contribution >= 4 is 6.29 Å². The van der Waals surface area contributed by atoms with Gasteiger partial charge in [0.1, 0.15) is 6.29 Å². The van der Waals surface area contributed by atoms with Crippen molar-refractivity contribution in [2.45, 2.75) is 38.5 Å². The minimum atomic E-state index is -0.761. The molecule has 0 aromatic carbocycles. The average molecular weight is 225 g/mol. The second kappa shape index (κ2) is 3.65. The lowest BCUT2D eigenvalue weighted by Gasteiger charge is -2.47. The molecule has 4 nitrogen and oxygen atoms in total. The highest BCUT2D eigenvalue weighted by molar-refractivity contribution is 5.77. The van der Waals surface area contributed by atoms with Crippen LogP contribution < -0.4 is 0 Å². The van der Waals surface area contributed by atoms with Crippen LogP contribution in [-0.4, -0.2) is 53.2 Å². The number of hydrogen-bond acceptors (Lipinski definition) is 4. The Morgan fingerprint density at radius 2 is 2.06 bits per heavy atom. The molecule has 3 atom stereocenters. The highest BCUT2D eigenvalue weighted by Gasteiger charge is 2.51. The van der Waals surface area contributed by atoms with Gasteiger partial charge in [-0.2, -0.15) is 0 Å². The molecular weight excluding hydrogens is 206 g/mol. The van der Waals surface area contributed by atoms with E-state index in [9.17, 15) is 15.0 Å². The van der Waals surface area contributed by atoms with Crippen molar-refractivity contribution in [3.05, 3.63) is 11.1 Å². The molecule has 1 heterocycles. The van der Waals surface area contributed by atoms with Crippen molar-refractivity contribution < 1.29 is 15.0 Å². The van der Waals surface area contributed by atoms with E-state index in [0.29, 0.717) is 13.0 Å². The summed E-state index contributed by atoms with van der Waals surface area (Å²) >= 11 is 0. The van der Waals surface area contributed by atoms with E-state index < -0.39 is 17.6 Å². The number of aliphatic hydroxyl groups excluding tert-OH is 2. The SMILES string of the molecule is CN1CC(C=O)=C2CC(O)C(O)C(C)(C)C21. The van der Waals surface area contributed by atoms with Gasteiger partial charge >= 0.3 is 0 Å². The van der Waals surface area contributed by atoms with E-state index in [4.69, 9.17) is 0 Å². The summed E-state index contributed by atoms with van der Waals surface area (Å²) in [4.78, 5) is 13.1. The fraction of sp³-hybridized carbons (Fsp3) is 0.750. The van der Waals surface area contributed by atoms with E-state index in [1.807, 2.05) is 20.9 Å². The number of carbonyl (C=O) groups excluding carboxylic acids is 1. The van der Waals surface area contributed by atoms with Crippen LogP contribution in [0.3, 0.4) is 0 Å². The summed E-state index contributed by atoms with van der Waals surface area (Å²) in [7, 11) is 1.95. The molecule has 1 aliphatic heterocycles. The van der Waals surface area contributed by atoms with Gasteiger partial charge in [-0.15, -0.1) is 0 Å². The molecule has 3 unspecified atom stereocenters. The van der Waals surface area contributed by atoms with Gasteiger partial charge in [0.15, 0.2) is 0 Å². The molecule has 1 saturated carbocycles. The number of carbonyl (C=O) groups is 1. The van der Waals surface area contributed by atoms with Crippen molar-refractivity contribution in [2.24, 2.45) is 5.41 Å². The third-order valence-electron chi connectivity index (χ3n) is 4.01. The topological polar surface area (TPSA) is 60.8 Å². The highest BCUT2D eigenvalue weighted by atomic mass is 16.3. The Balaban J connectivity index is 2.45. The van der Waals surface area contributed by atoms with E-state index in [2.05, 4.69) is 4.90 Å². The van der Waals surface area contributed by atoms with Gasteiger partial charge in [-0.25, -0.2) is 0 Å². The molecule has 0 bridgehead atoms. The first-order valence-electron chi connectivity index (χ1n) is 5.63. The number of aldehydes is 1. The number of rotatable bonds is 1. The summed E-state index contributed by atoms with van der Waals surface area (Å²) < 4.78 is 0. The molecule has 0 spiro atoms. The van der Waals surface area contributed by atoms with Gasteiger partial charge in [-0.1, -0.05) is 13.8 Å². The second-order valence-electron chi connectivity index (χ2n) is 5.52. The summed E-state index contributed by atoms with van der Waals surface area (Å²) in [6.07, 6.45) is -0.211. The Morgan fingerprint density at radius 1 is 1.44 bits per heavy atom. The number of hydrogen-bond donors (Lipinski definition) is 2. The highest BCUT2D eigenvalue weighted by Crippen LogP contribution is 2.45. The predicted molar refractivity (Wildman–Crippen MR) is 59.9 cm³/mol. The molecule has 90 valence electrons. The minimum Gasteiger partial charge on any atom is -0.390 e. The van der Waals surface area contributed by atoms with Crippen molar-refractivity contribution in [3.63, 3.8) is 0 Å². The van der Waals surface area contributed by atoms with E-state index in [1.54, 1.807) is 0 Å². The number of aliphatic hydroxyl groups is 2. The molecule has 4 heteroatoms. The molecule has 0 saturated heterocycles. The van der Waals surface area contributed by atoms with Crippen molar-refractivity contribution in [3.8, 4) is 0 Å². The van der Waals surface area contributed by atoms with Gasteiger partial charge in [0, 0.05) is 23.6 Å². The maximum atomic E-state index is 11.0. The molecule has 0 radical (unpaired) electrons. The molecule has 2 aliphatic rings. The van der Waals surface area contributed by atoms with E-state index in [-0.39, 0.29) is 6.04 Å². The van der Waals surface area contributed by atoms with Gasteiger partial charge in [-0.3, -0.25) is 9.69 Å². The molecule has 0 amide bonds. The van der Waals surface area contributed by atoms with Crippen LogP contribution in [0.25, 0.3) is 0 Å². The molecular formula is C12H19NO3. The Morgan fingerprint density at radius 3 is 2.62 bits per heavy atom. The van der Waals surface area contributed by atoms with Crippen LogP contribution in [0.1, 0.15) is 20.3 Å². The van der Waals surface area contributed by atoms with Gasteiger partial charge in [0.2, 0.25) is 0 Å². The van der Waals surface area contributed by atoms with Gasteiger partial charge in [0.25, 0.3) is 0 Å². The summed E-state index contributed by atoms with van der Waals surface area (Å²) in [5, 5.41) is 19.9. The van der Waals surface area contributed by atoms with Gasteiger partial charge in [0.05, 0.1) is 12.2 Å². The van der Waals surface area contributed by atoms with Gasteiger partial charge < -0.3 is 10.2 Å². The lowest BCUT2D eigenvalue weighted by molar-refractivity contribution is -0.105. The minimum absolute atomic E-state index is 0.0612. The second-order valence-corrected chi connectivity index (χ2v) is 5.52. The van der Waals surface area contributed by atoms with E-state index in [0.717, 1.165) is 17.4 Å². The summed E-state index contributed by atoms with van der Waals surface area (Å²) in [6.45, 7) is 4.50. The first kappa shape index (κ1) is 11.8. The Labute approximate surface area is 95.6 Å². The fourth-order valence-corrected chi connectivity index (χ4v) is 3.27. The monoisotopic (exact) mass is 225 g/mol. The molecule has 16 heavy (non-hydrogen) atoms. The third kappa shape index (κ3) is 1.44. The normalized spacial score (nSPS) is 38.7. The first-order valence-corrected chi connectivity index (χ1v) is 5.63. The van der Waals surface area contributed by atoms with Crippen molar-refractivity contribution in [1.29, 1.82) is 0 Å². The average Bonchev–Trinajstić information content (AvgIpc) is 2.52. The van der Waals surface area contributed by atoms with Crippen LogP contribution in [0.5, 0.6) is 0 Å². The largest absolute Gasteiger partial charge is 0.390 e. The molecule has 1 fully saturated rings. The number of fused-ring (bicyclic) bond motifs is 1. The van der Waals surface area contributed by atoms with Crippen molar-refractivity contribution in [1.82, 2.24) is 4.90 Å². The van der Waals surface area contributed by atoms with Crippen LogP contribution >= 0.6 is 0 Å². The molecule has 2 rings (SSSR count). The Bertz CT molecular complexity index is 348. The standard InChI is InChI=1S/C12H19NO3/c1-12(2)10-8(4-9(15)11(12)16)7(6-14)5-13(10)3/h6,9-11,15-16H,4-5H2,1-3H3. The lowest BCUT2D eigenvalue weighted by Crippen LogP contribution is -2.55. The lowest BCUT2D eigenvalue weighted by atomic mass is 9.67.